The molecule has 0 bridgehead atoms. The summed E-state index contributed by atoms with van der Waals surface area (Å²) in [4.78, 5) is 36.7. The average Bonchev–Trinajstić information content (AvgIpc) is 2.56. The van der Waals surface area contributed by atoms with Crippen LogP contribution in [0.15, 0.2) is 24.3 Å². The molecule has 0 radical (unpaired) electrons. The van der Waals surface area contributed by atoms with E-state index in [0.29, 0.717) is 26.1 Å². The number of amides is 4. The molecule has 1 aliphatic rings. The van der Waals surface area contributed by atoms with Gasteiger partial charge in [-0.05, 0) is 30.5 Å². The summed E-state index contributed by atoms with van der Waals surface area (Å²) >= 11 is 0. The molecule has 0 aromatic heterocycles. The third kappa shape index (κ3) is 5.57. The van der Waals surface area contributed by atoms with Crippen LogP contribution in [0.25, 0.3) is 0 Å². The van der Waals surface area contributed by atoms with Crippen molar-refractivity contribution in [2.75, 3.05) is 25.0 Å². The minimum absolute atomic E-state index is 0.0187. The maximum Gasteiger partial charge on any atom is 0.317 e. The van der Waals surface area contributed by atoms with Crippen molar-refractivity contribution in [3.63, 3.8) is 0 Å². The van der Waals surface area contributed by atoms with Gasteiger partial charge in [-0.3, -0.25) is 9.59 Å². The fourth-order valence-electron chi connectivity index (χ4n) is 2.47. The Morgan fingerprint density at radius 1 is 1.29 bits per heavy atom. The van der Waals surface area contributed by atoms with Gasteiger partial charge in [0.15, 0.2) is 0 Å². The number of anilines is 1. The van der Waals surface area contributed by atoms with E-state index in [1.807, 2.05) is 31.2 Å². The van der Waals surface area contributed by atoms with Gasteiger partial charge in [-0.15, -0.1) is 0 Å². The molecule has 7 heteroatoms. The van der Waals surface area contributed by atoms with Gasteiger partial charge in [-0.25, -0.2) is 4.79 Å². The summed E-state index contributed by atoms with van der Waals surface area (Å²) in [5.41, 5.74) is 1.61. The van der Waals surface area contributed by atoms with Gasteiger partial charge in [0.1, 0.15) is 6.54 Å². The zero-order chi connectivity index (χ0) is 17.4. The van der Waals surface area contributed by atoms with Crippen molar-refractivity contribution in [1.82, 2.24) is 15.5 Å². The molecule has 3 N–H and O–H groups in total. The highest BCUT2D eigenvalue weighted by Crippen LogP contribution is 2.11. The maximum absolute atomic E-state index is 12.0. The van der Waals surface area contributed by atoms with E-state index in [1.165, 1.54) is 4.90 Å². The lowest BCUT2D eigenvalue weighted by Gasteiger charge is -2.26. The molecule has 1 heterocycles. The number of carbonyl (C=O) groups excluding carboxylic acids is 3. The van der Waals surface area contributed by atoms with Crippen LogP contribution >= 0.6 is 0 Å². The molecule has 130 valence electrons. The molecule has 4 amide bonds. The van der Waals surface area contributed by atoms with Gasteiger partial charge in [0.25, 0.3) is 0 Å². The summed E-state index contributed by atoms with van der Waals surface area (Å²) in [6.45, 7) is 3.62. The number of benzene rings is 1. The molecule has 1 aromatic carbocycles. The Morgan fingerprint density at radius 2 is 2.12 bits per heavy atom. The summed E-state index contributed by atoms with van der Waals surface area (Å²) < 4.78 is 0. The van der Waals surface area contributed by atoms with Crippen molar-refractivity contribution in [2.24, 2.45) is 0 Å². The quantitative estimate of drug-likeness (QED) is 0.706. The topological polar surface area (TPSA) is 90.5 Å². The van der Waals surface area contributed by atoms with Crippen molar-refractivity contribution >= 4 is 23.5 Å². The first kappa shape index (κ1) is 17.8. The Kier molecular flexibility index (Phi) is 6.60. The molecule has 0 unspecified atom stereocenters. The summed E-state index contributed by atoms with van der Waals surface area (Å²) in [5, 5.41) is 8.34. The fourth-order valence-corrected chi connectivity index (χ4v) is 2.47. The van der Waals surface area contributed by atoms with E-state index >= 15 is 0 Å². The zero-order valence-electron chi connectivity index (χ0n) is 13.9. The Hall–Kier alpha value is -2.57. The van der Waals surface area contributed by atoms with Crippen molar-refractivity contribution in [1.29, 1.82) is 0 Å². The molecule has 24 heavy (non-hydrogen) atoms. The maximum atomic E-state index is 12.0. The lowest BCUT2D eigenvalue weighted by molar-refractivity contribution is -0.122. The Labute approximate surface area is 141 Å². The number of rotatable bonds is 7. The highest BCUT2D eigenvalue weighted by molar-refractivity contribution is 5.90. The van der Waals surface area contributed by atoms with E-state index in [0.717, 1.165) is 24.1 Å². The van der Waals surface area contributed by atoms with Crippen molar-refractivity contribution in [3.8, 4) is 0 Å². The Bertz CT molecular complexity index is 603. The summed E-state index contributed by atoms with van der Waals surface area (Å²) in [5.74, 6) is -0.220. The summed E-state index contributed by atoms with van der Waals surface area (Å²) in [6.07, 6.45) is 2.13. The van der Waals surface area contributed by atoms with E-state index in [9.17, 15) is 14.4 Å². The van der Waals surface area contributed by atoms with Gasteiger partial charge in [-0.1, -0.05) is 19.1 Å². The van der Waals surface area contributed by atoms with Gasteiger partial charge in [0.05, 0.1) is 0 Å². The summed E-state index contributed by atoms with van der Waals surface area (Å²) in [7, 11) is 0. The minimum atomic E-state index is -0.201. The average molecular weight is 332 g/mol. The smallest absolute Gasteiger partial charge is 0.317 e. The standard InChI is InChI=1S/C17H24N4O3/c1-2-5-15(22)20-14-7-3-6-13(10-14)11-19-16(23)12-21-9-4-8-18-17(21)24/h3,6-7,10H,2,4-5,8-9,11-12H2,1H3,(H,18,24)(H,19,23)(H,20,22). The predicted octanol–water partition coefficient (Wildman–Crippen LogP) is 1.46. The van der Waals surface area contributed by atoms with E-state index in [1.54, 1.807) is 0 Å². The minimum Gasteiger partial charge on any atom is -0.350 e. The van der Waals surface area contributed by atoms with Crippen LogP contribution in [0, 0.1) is 0 Å². The van der Waals surface area contributed by atoms with Gasteiger partial charge in [0, 0.05) is 31.7 Å². The van der Waals surface area contributed by atoms with E-state index in [2.05, 4.69) is 16.0 Å². The van der Waals surface area contributed by atoms with E-state index in [-0.39, 0.29) is 24.4 Å². The fraction of sp³-hybridized carbons (Fsp3) is 0.471. The number of nitrogens with zero attached hydrogens (tertiary/aromatic N) is 1. The molecular weight excluding hydrogens is 308 g/mol. The van der Waals surface area contributed by atoms with E-state index in [4.69, 9.17) is 0 Å². The van der Waals surface area contributed by atoms with Crippen LogP contribution in [-0.2, 0) is 16.1 Å². The second-order valence-corrected chi connectivity index (χ2v) is 5.78. The SMILES string of the molecule is CCCC(=O)Nc1cccc(CNC(=O)CN2CCCNC2=O)c1. The largest absolute Gasteiger partial charge is 0.350 e. The molecule has 0 spiro atoms. The van der Waals surface area contributed by atoms with Crippen LogP contribution < -0.4 is 16.0 Å². The van der Waals surface area contributed by atoms with E-state index < -0.39 is 0 Å². The van der Waals surface area contributed by atoms with Crippen LogP contribution in [0.3, 0.4) is 0 Å². The van der Waals surface area contributed by atoms with Crippen LogP contribution in [0.2, 0.25) is 0 Å². The lowest BCUT2D eigenvalue weighted by Crippen LogP contribution is -2.50. The van der Waals surface area contributed by atoms with Gasteiger partial charge in [0.2, 0.25) is 11.8 Å². The molecule has 0 aliphatic carbocycles. The first-order chi connectivity index (χ1) is 11.6. The van der Waals surface area contributed by atoms with Crippen LogP contribution in [0.4, 0.5) is 10.5 Å². The molecular formula is C17H24N4O3. The molecule has 7 nitrogen and oxygen atoms in total. The molecule has 2 rings (SSSR count). The highest BCUT2D eigenvalue weighted by Gasteiger charge is 2.19. The molecule has 1 aromatic rings. The third-order valence-corrected chi connectivity index (χ3v) is 3.68. The number of urea groups is 1. The van der Waals surface area contributed by atoms with Crippen LogP contribution in [0.1, 0.15) is 31.7 Å². The van der Waals surface area contributed by atoms with Gasteiger partial charge < -0.3 is 20.9 Å². The highest BCUT2D eigenvalue weighted by atomic mass is 16.2. The number of hydrogen-bond acceptors (Lipinski definition) is 3. The molecule has 0 saturated carbocycles. The molecule has 1 aliphatic heterocycles. The van der Waals surface area contributed by atoms with Crippen molar-refractivity contribution in [3.05, 3.63) is 29.8 Å². The molecule has 0 atom stereocenters. The third-order valence-electron chi connectivity index (χ3n) is 3.68. The second kappa shape index (κ2) is 8.90. The van der Waals surface area contributed by atoms with Crippen molar-refractivity contribution in [2.45, 2.75) is 32.7 Å². The Morgan fingerprint density at radius 3 is 2.88 bits per heavy atom. The first-order valence-electron chi connectivity index (χ1n) is 8.26. The van der Waals surface area contributed by atoms with Crippen LogP contribution in [-0.4, -0.2) is 42.4 Å². The van der Waals surface area contributed by atoms with Crippen molar-refractivity contribution < 1.29 is 14.4 Å². The zero-order valence-corrected chi connectivity index (χ0v) is 13.9. The van der Waals surface area contributed by atoms with Gasteiger partial charge in [-0.2, -0.15) is 0 Å². The lowest BCUT2D eigenvalue weighted by atomic mass is 10.2. The Balaban J connectivity index is 1.81. The number of carbonyl (C=O) groups is 3. The van der Waals surface area contributed by atoms with Gasteiger partial charge >= 0.3 is 6.03 Å². The number of nitrogens with one attached hydrogen (secondary N) is 3. The molecule has 1 fully saturated rings. The molecule has 1 saturated heterocycles. The normalized spacial score (nSPS) is 14.0. The monoisotopic (exact) mass is 332 g/mol. The summed E-state index contributed by atoms with van der Waals surface area (Å²) in [6, 6.07) is 7.17. The number of hydrogen-bond donors (Lipinski definition) is 3. The van der Waals surface area contributed by atoms with Crippen LogP contribution in [0.5, 0.6) is 0 Å². The second-order valence-electron chi connectivity index (χ2n) is 5.78. The predicted molar refractivity (Wildman–Crippen MR) is 91.4 cm³/mol. The first-order valence-corrected chi connectivity index (χ1v) is 8.26.